The van der Waals surface area contributed by atoms with E-state index < -0.39 is 24.2 Å². The largest absolute Gasteiger partial charge is 0.491 e. The minimum absolute atomic E-state index is 0.0144. The lowest BCUT2D eigenvalue weighted by molar-refractivity contribution is -0.124. The van der Waals surface area contributed by atoms with E-state index in [-0.39, 0.29) is 25.6 Å². The predicted octanol–water partition coefficient (Wildman–Crippen LogP) is 3.02. The number of amides is 2. The zero-order valence-corrected chi connectivity index (χ0v) is 18.9. The molecule has 0 fully saturated rings. The molecule has 0 heterocycles. The smallest absolute Gasteiger partial charge is 0.412 e. The molecule has 4 N–H and O–H groups in total. The maximum Gasteiger partial charge on any atom is 0.412 e. The lowest BCUT2D eigenvalue weighted by atomic mass is 10.0. The van der Waals surface area contributed by atoms with Gasteiger partial charge in [-0.25, -0.2) is 10.3 Å². The molecule has 0 spiro atoms. The number of rotatable bonds is 12. The van der Waals surface area contributed by atoms with Gasteiger partial charge in [0.25, 0.3) is 5.91 Å². The van der Waals surface area contributed by atoms with Crippen LogP contribution in [0.5, 0.6) is 5.75 Å². The van der Waals surface area contributed by atoms with Crippen LogP contribution in [-0.2, 0) is 14.3 Å². The first kappa shape index (κ1) is 26.5. The Kier molecular flexibility index (Phi) is 10.7. The highest BCUT2D eigenvalue weighted by atomic mass is 16.6. The molecule has 182 valence electrons. The number of anilines is 1. The van der Waals surface area contributed by atoms with Gasteiger partial charge in [-0.1, -0.05) is 18.2 Å². The molecule has 0 aliphatic rings. The van der Waals surface area contributed by atoms with E-state index in [2.05, 4.69) is 5.32 Å². The molecule has 0 radical (unpaired) electrons. The molecule has 0 saturated heterocycles. The van der Waals surface area contributed by atoms with Crippen LogP contribution in [0.2, 0.25) is 0 Å². The van der Waals surface area contributed by atoms with E-state index in [1.807, 2.05) is 0 Å². The van der Waals surface area contributed by atoms with Gasteiger partial charge in [0.15, 0.2) is 11.9 Å². The number of ether oxygens (including phenoxy) is 3. The van der Waals surface area contributed by atoms with E-state index in [1.165, 1.54) is 18.5 Å². The fourth-order valence-electron chi connectivity index (χ4n) is 3.02. The zero-order chi connectivity index (χ0) is 24.9. The van der Waals surface area contributed by atoms with Gasteiger partial charge in [-0.2, -0.15) is 0 Å². The van der Waals surface area contributed by atoms with Gasteiger partial charge in [0, 0.05) is 29.5 Å². The van der Waals surface area contributed by atoms with E-state index >= 15 is 0 Å². The number of ketones is 1. The monoisotopic (exact) mass is 472 g/mol. The van der Waals surface area contributed by atoms with Crippen molar-refractivity contribution in [3.63, 3.8) is 0 Å². The third kappa shape index (κ3) is 8.00. The molecule has 2 rings (SSSR count). The Labute approximate surface area is 197 Å². The highest BCUT2D eigenvalue weighted by molar-refractivity contribution is 5.95. The summed E-state index contributed by atoms with van der Waals surface area (Å²) >= 11 is 0. The van der Waals surface area contributed by atoms with Gasteiger partial charge in [0.2, 0.25) is 0 Å². The van der Waals surface area contributed by atoms with Crippen LogP contribution >= 0.6 is 0 Å². The molecule has 2 aromatic carbocycles. The molecular weight excluding hydrogens is 444 g/mol. The molecule has 10 heteroatoms. The Bertz CT molecular complexity index is 991. The SMILES string of the molecule is CCO[C@@H](/C=C/C(=O)NO)[C@@H](OC(=O)Nc1ccc(C(C)=O)cc1)c1ccccc1OCCO. The molecule has 0 aliphatic carbocycles. The number of carbonyl (C=O) groups excluding carboxylic acids is 3. The van der Waals surface area contributed by atoms with Crippen LogP contribution in [0.25, 0.3) is 0 Å². The highest BCUT2D eigenvalue weighted by Crippen LogP contribution is 2.32. The van der Waals surface area contributed by atoms with Crippen molar-refractivity contribution in [1.82, 2.24) is 5.48 Å². The second-order valence-electron chi connectivity index (χ2n) is 6.95. The molecule has 0 aliphatic heterocycles. The van der Waals surface area contributed by atoms with Crippen molar-refractivity contribution in [3.05, 3.63) is 71.8 Å². The summed E-state index contributed by atoms with van der Waals surface area (Å²) in [5.41, 5.74) is 2.82. The summed E-state index contributed by atoms with van der Waals surface area (Å²) in [6.07, 6.45) is -0.410. The molecule has 0 bridgehead atoms. The molecule has 2 aromatic rings. The fourth-order valence-corrected chi connectivity index (χ4v) is 3.02. The summed E-state index contributed by atoms with van der Waals surface area (Å²) in [6, 6.07) is 13.0. The minimum Gasteiger partial charge on any atom is -0.491 e. The Hall–Kier alpha value is -3.73. The Morgan fingerprint density at radius 2 is 1.79 bits per heavy atom. The number of nitrogens with one attached hydrogen (secondary N) is 2. The molecule has 0 unspecified atom stereocenters. The van der Waals surface area contributed by atoms with Gasteiger partial charge in [-0.05, 0) is 50.3 Å². The van der Waals surface area contributed by atoms with Crippen LogP contribution in [0.4, 0.5) is 10.5 Å². The maximum absolute atomic E-state index is 12.8. The van der Waals surface area contributed by atoms with Crippen molar-refractivity contribution in [2.45, 2.75) is 26.1 Å². The van der Waals surface area contributed by atoms with Crippen molar-refractivity contribution in [1.29, 1.82) is 0 Å². The van der Waals surface area contributed by atoms with Gasteiger partial charge in [0.05, 0.1) is 6.61 Å². The molecule has 2 amide bonds. The number of hydrogen-bond acceptors (Lipinski definition) is 8. The molecule has 0 saturated carbocycles. The molecule has 34 heavy (non-hydrogen) atoms. The highest BCUT2D eigenvalue weighted by Gasteiger charge is 2.29. The van der Waals surface area contributed by atoms with Crippen molar-refractivity contribution in [3.8, 4) is 5.75 Å². The van der Waals surface area contributed by atoms with Crippen LogP contribution in [0.15, 0.2) is 60.7 Å². The Balaban J connectivity index is 2.35. The van der Waals surface area contributed by atoms with Crippen molar-refractivity contribution in [2.24, 2.45) is 0 Å². The van der Waals surface area contributed by atoms with Crippen LogP contribution in [-0.4, -0.2) is 54.0 Å². The Morgan fingerprint density at radius 3 is 2.41 bits per heavy atom. The van der Waals surface area contributed by atoms with Crippen LogP contribution in [0, 0.1) is 0 Å². The van der Waals surface area contributed by atoms with Crippen LogP contribution < -0.4 is 15.5 Å². The van der Waals surface area contributed by atoms with Gasteiger partial charge in [0.1, 0.15) is 18.5 Å². The van der Waals surface area contributed by atoms with Gasteiger partial charge >= 0.3 is 6.09 Å². The van der Waals surface area contributed by atoms with Gasteiger partial charge < -0.3 is 19.3 Å². The van der Waals surface area contributed by atoms with E-state index in [0.29, 0.717) is 22.6 Å². The normalized spacial score (nSPS) is 12.6. The van der Waals surface area contributed by atoms with E-state index in [0.717, 1.165) is 6.08 Å². The summed E-state index contributed by atoms with van der Waals surface area (Å²) in [6.45, 7) is 3.19. The summed E-state index contributed by atoms with van der Waals surface area (Å²) in [7, 11) is 0. The van der Waals surface area contributed by atoms with Gasteiger partial charge in [-0.15, -0.1) is 0 Å². The number of hydroxylamine groups is 1. The first-order valence-corrected chi connectivity index (χ1v) is 10.5. The zero-order valence-electron chi connectivity index (χ0n) is 18.9. The average Bonchev–Trinajstić information content (AvgIpc) is 2.84. The second-order valence-corrected chi connectivity index (χ2v) is 6.95. The summed E-state index contributed by atoms with van der Waals surface area (Å²) in [4.78, 5) is 35.7. The van der Waals surface area contributed by atoms with Crippen LogP contribution in [0.1, 0.15) is 35.9 Å². The quantitative estimate of drug-likeness (QED) is 0.160. The fraction of sp³-hybridized carbons (Fsp3) is 0.292. The first-order chi connectivity index (χ1) is 16.4. The molecule has 0 aromatic heterocycles. The van der Waals surface area contributed by atoms with Gasteiger partial charge in [-0.3, -0.25) is 20.1 Å². The second kappa shape index (κ2) is 13.7. The molecular formula is C24H28N2O8. The first-order valence-electron chi connectivity index (χ1n) is 10.5. The molecule has 10 nitrogen and oxygen atoms in total. The number of carbonyl (C=O) groups is 3. The summed E-state index contributed by atoms with van der Waals surface area (Å²) in [5, 5.41) is 20.5. The number of aliphatic hydroxyl groups excluding tert-OH is 1. The Morgan fingerprint density at radius 1 is 1.09 bits per heavy atom. The number of Topliss-reactive ketones (excluding diaryl/α,β-unsaturated/α-hetero) is 1. The topological polar surface area (TPSA) is 143 Å². The minimum atomic E-state index is -1.06. The van der Waals surface area contributed by atoms with E-state index in [1.54, 1.807) is 55.5 Å². The number of hydrogen-bond donors (Lipinski definition) is 4. The summed E-state index contributed by atoms with van der Waals surface area (Å²) < 4.78 is 17.0. The third-order valence-corrected chi connectivity index (χ3v) is 4.55. The van der Waals surface area contributed by atoms with Crippen molar-refractivity contribution < 1.29 is 38.9 Å². The van der Waals surface area contributed by atoms with E-state index in [4.69, 9.17) is 24.5 Å². The maximum atomic E-state index is 12.8. The predicted molar refractivity (Wildman–Crippen MR) is 123 cm³/mol. The van der Waals surface area contributed by atoms with Crippen molar-refractivity contribution in [2.75, 3.05) is 25.1 Å². The van der Waals surface area contributed by atoms with Crippen molar-refractivity contribution >= 4 is 23.5 Å². The third-order valence-electron chi connectivity index (χ3n) is 4.55. The number of para-hydroxylation sites is 1. The lowest BCUT2D eigenvalue weighted by Gasteiger charge is -2.27. The lowest BCUT2D eigenvalue weighted by Crippen LogP contribution is -2.28. The molecule has 2 atom stereocenters. The summed E-state index contributed by atoms with van der Waals surface area (Å²) in [5.74, 6) is -0.542. The standard InChI is InChI=1S/C24H28N2O8/c1-3-32-21(12-13-22(29)26-31)23(19-6-4-5-7-20(19)33-15-14-27)34-24(30)25-18-10-8-17(9-11-18)16(2)28/h4-13,21,23,27,31H,3,14-15H2,1-2H3,(H,25,30)(H,26,29)/b13-12+/t21-,23-/m0/s1. The van der Waals surface area contributed by atoms with E-state index in [9.17, 15) is 14.4 Å². The number of aliphatic hydroxyl groups is 1. The van der Waals surface area contributed by atoms with Crippen LogP contribution in [0.3, 0.4) is 0 Å². The average molecular weight is 472 g/mol. The number of benzene rings is 2.